The Morgan fingerprint density at radius 3 is 2.40 bits per heavy atom. The van der Waals surface area contributed by atoms with E-state index in [4.69, 9.17) is 0 Å². The standard InChI is InChI=1S/C19H19N3O2S/c23-25(24,18-7-3-5-15-6-4-12-20-19(15)18)21-16-8-10-17(11-9-16)22-13-1-2-14-22/h3-12,21H,1-2,13-14H2. The number of aromatic nitrogens is 1. The summed E-state index contributed by atoms with van der Waals surface area (Å²) in [6, 6.07) is 16.4. The Balaban J connectivity index is 1.62. The average Bonchev–Trinajstić information content (AvgIpc) is 3.16. The van der Waals surface area contributed by atoms with Gasteiger partial charge in [-0.05, 0) is 49.2 Å². The van der Waals surface area contributed by atoms with Gasteiger partial charge in [-0.2, -0.15) is 0 Å². The highest BCUT2D eigenvalue weighted by Gasteiger charge is 2.18. The zero-order valence-electron chi connectivity index (χ0n) is 13.7. The molecule has 5 nitrogen and oxygen atoms in total. The molecule has 0 aliphatic carbocycles. The molecule has 1 N–H and O–H groups in total. The summed E-state index contributed by atoms with van der Waals surface area (Å²) >= 11 is 0. The molecular weight excluding hydrogens is 334 g/mol. The van der Waals surface area contributed by atoms with Crippen LogP contribution in [0.4, 0.5) is 11.4 Å². The Morgan fingerprint density at radius 1 is 0.920 bits per heavy atom. The van der Waals surface area contributed by atoms with Crippen LogP contribution >= 0.6 is 0 Å². The van der Waals surface area contributed by atoms with Gasteiger partial charge in [-0.1, -0.05) is 18.2 Å². The Bertz CT molecular complexity index is 989. The number of nitrogens with one attached hydrogen (secondary N) is 1. The Labute approximate surface area is 147 Å². The predicted molar refractivity (Wildman–Crippen MR) is 100 cm³/mol. The number of hydrogen-bond acceptors (Lipinski definition) is 4. The smallest absolute Gasteiger partial charge is 0.264 e. The van der Waals surface area contributed by atoms with Crippen LogP contribution in [0.1, 0.15) is 12.8 Å². The summed E-state index contributed by atoms with van der Waals surface area (Å²) < 4.78 is 28.2. The van der Waals surface area contributed by atoms with Gasteiger partial charge in [0.2, 0.25) is 0 Å². The summed E-state index contributed by atoms with van der Waals surface area (Å²) in [5.41, 5.74) is 2.16. The van der Waals surface area contributed by atoms with Gasteiger partial charge in [0.05, 0.1) is 5.52 Å². The zero-order valence-corrected chi connectivity index (χ0v) is 14.5. The third-order valence-corrected chi connectivity index (χ3v) is 5.89. The number of pyridine rings is 1. The first-order valence-corrected chi connectivity index (χ1v) is 9.83. The molecule has 0 saturated carbocycles. The van der Waals surface area contributed by atoms with Crippen LogP contribution in [0.25, 0.3) is 10.9 Å². The van der Waals surface area contributed by atoms with Crippen LogP contribution in [0, 0.1) is 0 Å². The average molecular weight is 353 g/mol. The molecule has 1 aromatic heterocycles. The summed E-state index contributed by atoms with van der Waals surface area (Å²) in [4.78, 5) is 6.73. The number of fused-ring (bicyclic) bond motifs is 1. The second-order valence-electron chi connectivity index (χ2n) is 6.18. The van der Waals surface area contributed by atoms with Crippen LogP contribution in [-0.4, -0.2) is 26.5 Å². The molecule has 6 heteroatoms. The van der Waals surface area contributed by atoms with Crippen LogP contribution in [0.2, 0.25) is 0 Å². The largest absolute Gasteiger partial charge is 0.372 e. The number of rotatable bonds is 4. The van der Waals surface area contributed by atoms with Gasteiger partial charge in [0, 0.05) is 36.0 Å². The molecule has 2 heterocycles. The van der Waals surface area contributed by atoms with Crippen LogP contribution < -0.4 is 9.62 Å². The summed E-state index contributed by atoms with van der Waals surface area (Å²) in [6.07, 6.45) is 4.02. The van der Waals surface area contributed by atoms with Crippen LogP contribution in [0.15, 0.2) is 65.7 Å². The van der Waals surface area contributed by atoms with E-state index in [-0.39, 0.29) is 4.90 Å². The van der Waals surface area contributed by atoms with Crippen molar-refractivity contribution in [3.05, 3.63) is 60.8 Å². The zero-order chi connectivity index (χ0) is 17.3. The Hall–Kier alpha value is -2.60. The van der Waals surface area contributed by atoms with Crippen molar-refractivity contribution in [2.45, 2.75) is 17.7 Å². The maximum absolute atomic E-state index is 12.8. The Morgan fingerprint density at radius 2 is 1.64 bits per heavy atom. The first-order chi connectivity index (χ1) is 12.1. The molecule has 1 aliphatic heterocycles. The van der Waals surface area contributed by atoms with Crippen molar-refractivity contribution in [1.82, 2.24) is 4.98 Å². The van der Waals surface area contributed by atoms with Crippen LogP contribution in [0.3, 0.4) is 0 Å². The molecule has 25 heavy (non-hydrogen) atoms. The van der Waals surface area contributed by atoms with E-state index in [1.54, 1.807) is 24.4 Å². The summed E-state index contributed by atoms with van der Waals surface area (Å²) in [7, 11) is -3.70. The minimum absolute atomic E-state index is 0.189. The number of benzene rings is 2. The number of hydrogen-bond donors (Lipinski definition) is 1. The van der Waals surface area contributed by atoms with E-state index in [0.29, 0.717) is 11.2 Å². The van der Waals surface area contributed by atoms with Crippen molar-refractivity contribution in [2.24, 2.45) is 0 Å². The van der Waals surface area contributed by atoms with Gasteiger partial charge in [0.1, 0.15) is 4.90 Å². The fourth-order valence-electron chi connectivity index (χ4n) is 3.22. The molecule has 3 aromatic rings. The molecule has 0 amide bonds. The van der Waals surface area contributed by atoms with Crippen molar-refractivity contribution in [1.29, 1.82) is 0 Å². The highest BCUT2D eigenvalue weighted by atomic mass is 32.2. The molecular formula is C19H19N3O2S. The highest BCUT2D eigenvalue weighted by molar-refractivity contribution is 7.93. The van der Waals surface area contributed by atoms with Gasteiger partial charge < -0.3 is 4.90 Å². The first-order valence-electron chi connectivity index (χ1n) is 8.35. The summed E-state index contributed by atoms with van der Waals surface area (Å²) in [5, 5.41) is 0.801. The van der Waals surface area contributed by atoms with Gasteiger partial charge in [-0.15, -0.1) is 0 Å². The second kappa shape index (κ2) is 6.37. The first kappa shape index (κ1) is 15.9. The third-order valence-electron chi connectivity index (χ3n) is 4.48. The quantitative estimate of drug-likeness (QED) is 0.778. The van der Waals surface area contributed by atoms with Gasteiger partial charge in [0.25, 0.3) is 10.0 Å². The fraction of sp³-hybridized carbons (Fsp3) is 0.211. The normalized spacial score (nSPS) is 14.8. The van der Waals surface area contributed by atoms with E-state index >= 15 is 0 Å². The minimum Gasteiger partial charge on any atom is -0.372 e. The monoisotopic (exact) mass is 353 g/mol. The molecule has 0 spiro atoms. The van der Waals surface area contributed by atoms with Crippen molar-refractivity contribution in [3.8, 4) is 0 Å². The number of para-hydroxylation sites is 1. The number of anilines is 2. The lowest BCUT2D eigenvalue weighted by Crippen LogP contribution is -2.17. The van der Waals surface area contributed by atoms with Crippen LogP contribution in [-0.2, 0) is 10.0 Å². The van der Waals surface area contributed by atoms with Gasteiger partial charge in [-0.3, -0.25) is 9.71 Å². The predicted octanol–water partition coefficient (Wildman–Crippen LogP) is 3.64. The lowest BCUT2D eigenvalue weighted by Gasteiger charge is -2.18. The van der Waals surface area contributed by atoms with E-state index in [1.165, 1.54) is 12.8 Å². The van der Waals surface area contributed by atoms with E-state index in [9.17, 15) is 8.42 Å². The highest BCUT2D eigenvalue weighted by Crippen LogP contribution is 2.25. The SMILES string of the molecule is O=S(=O)(Nc1ccc(N2CCCC2)cc1)c1cccc2cccnc12. The van der Waals surface area contributed by atoms with Gasteiger partial charge in [-0.25, -0.2) is 8.42 Å². The van der Waals surface area contributed by atoms with E-state index in [2.05, 4.69) is 14.6 Å². The molecule has 1 fully saturated rings. The van der Waals surface area contributed by atoms with Crippen molar-refractivity contribution >= 4 is 32.3 Å². The minimum atomic E-state index is -3.70. The van der Waals surface area contributed by atoms with Gasteiger partial charge >= 0.3 is 0 Å². The van der Waals surface area contributed by atoms with Crippen LogP contribution in [0.5, 0.6) is 0 Å². The van der Waals surface area contributed by atoms with Crippen molar-refractivity contribution in [2.75, 3.05) is 22.7 Å². The van der Waals surface area contributed by atoms with Crippen molar-refractivity contribution < 1.29 is 8.42 Å². The van der Waals surface area contributed by atoms with E-state index in [1.807, 2.05) is 36.4 Å². The Kier molecular flexibility index (Phi) is 4.05. The topological polar surface area (TPSA) is 62.3 Å². The lowest BCUT2D eigenvalue weighted by atomic mass is 10.2. The molecule has 0 bridgehead atoms. The molecule has 4 rings (SSSR count). The molecule has 0 atom stereocenters. The maximum Gasteiger partial charge on any atom is 0.264 e. The summed E-state index contributed by atoms with van der Waals surface area (Å²) in [5.74, 6) is 0. The number of sulfonamides is 1. The second-order valence-corrected chi connectivity index (χ2v) is 7.83. The molecule has 1 aliphatic rings. The maximum atomic E-state index is 12.8. The van der Waals surface area contributed by atoms with Gasteiger partial charge in [0.15, 0.2) is 0 Å². The lowest BCUT2D eigenvalue weighted by molar-refractivity contribution is 0.602. The molecule has 0 radical (unpaired) electrons. The third kappa shape index (κ3) is 3.17. The van der Waals surface area contributed by atoms with E-state index < -0.39 is 10.0 Å². The van der Waals surface area contributed by atoms with Crippen molar-refractivity contribution in [3.63, 3.8) is 0 Å². The molecule has 128 valence electrons. The summed E-state index contributed by atoms with van der Waals surface area (Å²) in [6.45, 7) is 2.12. The fourth-order valence-corrected chi connectivity index (χ4v) is 4.46. The molecule has 1 saturated heterocycles. The molecule has 0 unspecified atom stereocenters. The molecule has 2 aromatic carbocycles. The number of nitrogens with zero attached hydrogens (tertiary/aromatic N) is 2. The van der Waals surface area contributed by atoms with E-state index in [0.717, 1.165) is 24.2 Å².